The van der Waals surface area contributed by atoms with Gasteiger partial charge in [-0.3, -0.25) is 4.79 Å². The molecule has 1 heterocycles. The molecular formula is C16H10Br2N2O. The van der Waals surface area contributed by atoms with Crippen LogP contribution in [0.1, 0.15) is 16.1 Å². The minimum atomic E-state index is -0.0734. The second-order valence-electron chi connectivity index (χ2n) is 4.42. The van der Waals surface area contributed by atoms with E-state index < -0.39 is 0 Å². The number of benzene rings is 2. The fourth-order valence-electron chi connectivity index (χ4n) is 2.06. The summed E-state index contributed by atoms with van der Waals surface area (Å²) in [5.41, 5.74) is 2.00. The number of carbonyl (C=O) groups is 1. The SMILES string of the molecule is O=C(c1ccc(Br)cc1Br)c1ccnn1-c1ccccc1. The van der Waals surface area contributed by atoms with Crippen molar-refractivity contribution in [2.45, 2.75) is 0 Å². The van der Waals surface area contributed by atoms with E-state index in [0.29, 0.717) is 11.3 Å². The number of rotatable bonds is 3. The zero-order valence-electron chi connectivity index (χ0n) is 10.8. The highest BCUT2D eigenvalue weighted by molar-refractivity contribution is 9.11. The summed E-state index contributed by atoms with van der Waals surface area (Å²) in [6, 6.07) is 16.8. The first-order chi connectivity index (χ1) is 10.2. The van der Waals surface area contributed by atoms with Gasteiger partial charge in [0, 0.05) is 14.5 Å². The molecule has 0 unspecified atom stereocenters. The summed E-state index contributed by atoms with van der Waals surface area (Å²) in [4.78, 5) is 12.7. The van der Waals surface area contributed by atoms with Crippen LogP contribution in [-0.4, -0.2) is 15.6 Å². The summed E-state index contributed by atoms with van der Waals surface area (Å²) in [6.45, 7) is 0. The molecule has 0 amide bonds. The van der Waals surface area contributed by atoms with Gasteiger partial charge in [0.2, 0.25) is 5.78 Å². The van der Waals surface area contributed by atoms with Crippen molar-refractivity contribution in [3.8, 4) is 5.69 Å². The number of nitrogens with zero attached hydrogens (tertiary/aromatic N) is 2. The highest BCUT2D eigenvalue weighted by Crippen LogP contribution is 2.25. The molecule has 0 aliphatic heterocycles. The van der Waals surface area contributed by atoms with Gasteiger partial charge in [0.05, 0.1) is 11.9 Å². The number of para-hydroxylation sites is 1. The van der Waals surface area contributed by atoms with Gasteiger partial charge in [-0.05, 0) is 52.3 Å². The number of halogens is 2. The van der Waals surface area contributed by atoms with Gasteiger partial charge in [-0.1, -0.05) is 34.1 Å². The summed E-state index contributed by atoms with van der Waals surface area (Å²) < 4.78 is 3.32. The van der Waals surface area contributed by atoms with Gasteiger partial charge in [0.1, 0.15) is 5.69 Å². The zero-order chi connectivity index (χ0) is 14.8. The van der Waals surface area contributed by atoms with E-state index >= 15 is 0 Å². The first kappa shape index (κ1) is 14.2. The lowest BCUT2D eigenvalue weighted by Gasteiger charge is -2.08. The van der Waals surface area contributed by atoms with Gasteiger partial charge >= 0.3 is 0 Å². The molecule has 0 bridgehead atoms. The van der Waals surface area contributed by atoms with Gasteiger partial charge in [-0.15, -0.1) is 0 Å². The molecule has 21 heavy (non-hydrogen) atoms. The van der Waals surface area contributed by atoms with E-state index in [9.17, 15) is 4.79 Å². The van der Waals surface area contributed by atoms with Crippen molar-refractivity contribution in [1.29, 1.82) is 0 Å². The lowest BCUT2D eigenvalue weighted by Crippen LogP contribution is -2.10. The van der Waals surface area contributed by atoms with Crippen LogP contribution in [-0.2, 0) is 0 Å². The maximum atomic E-state index is 12.7. The Kier molecular flexibility index (Phi) is 4.03. The van der Waals surface area contributed by atoms with E-state index in [1.807, 2.05) is 42.5 Å². The Bertz CT molecular complexity index is 797. The van der Waals surface area contributed by atoms with Crippen LogP contribution in [0.4, 0.5) is 0 Å². The maximum Gasteiger partial charge on any atom is 0.212 e. The predicted molar refractivity (Wildman–Crippen MR) is 88.8 cm³/mol. The topological polar surface area (TPSA) is 34.9 Å². The third-order valence-electron chi connectivity index (χ3n) is 3.05. The third kappa shape index (κ3) is 2.84. The average molecular weight is 406 g/mol. The standard InChI is InChI=1S/C16H10Br2N2O/c17-11-6-7-13(14(18)10-11)16(21)15-8-9-19-20(15)12-4-2-1-3-5-12/h1-10H. The molecule has 0 radical (unpaired) electrons. The summed E-state index contributed by atoms with van der Waals surface area (Å²) in [6.07, 6.45) is 1.63. The van der Waals surface area contributed by atoms with E-state index in [1.54, 1.807) is 23.0 Å². The molecule has 5 heteroatoms. The molecule has 0 saturated carbocycles. The maximum absolute atomic E-state index is 12.7. The van der Waals surface area contributed by atoms with Crippen molar-refractivity contribution in [2.24, 2.45) is 0 Å². The summed E-state index contributed by atoms with van der Waals surface area (Å²) in [5, 5.41) is 4.25. The quantitative estimate of drug-likeness (QED) is 0.595. The minimum Gasteiger partial charge on any atom is -0.287 e. The van der Waals surface area contributed by atoms with Crippen molar-refractivity contribution >= 4 is 37.6 Å². The van der Waals surface area contributed by atoms with Crippen LogP contribution < -0.4 is 0 Å². The van der Waals surface area contributed by atoms with Crippen LogP contribution in [0, 0.1) is 0 Å². The second-order valence-corrected chi connectivity index (χ2v) is 6.19. The Hall–Kier alpha value is -1.72. The first-order valence-corrected chi connectivity index (χ1v) is 7.84. The van der Waals surface area contributed by atoms with Crippen molar-refractivity contribution in [1.82, 2.24) is 9.78 Å². The first-order valence-electron chi connectivity index (χ1n) is 6.26. The Morgan fingerprint density at radius 1 is 1.00 bits per heavy atom. The average Bonchev–Trinajstić information content (AvgIpc) is 2.97. The summed E-state index contributed by atoms with van der Waals surface area (Å²) in [5.74, 6) is -0.0734. The molecule has 3 rings (SSSR count). The molecule has 0 saturated heterocycles. The van der Waals surface area contributed by atoms with Crippen molar-refractivity contribution in [3.05, 3.63) is 81.0 Å². The zero-order valence-corrected chi connectivity index (χ0v) is 14.0. The second kappa shape index (κ2) is 5.95. The molecule has 0 fully saturated rings. The molecule has 0 N–H and O–H groups in total. The van der Waals surface area contributed by atoms with Gasteiger partial charge in [0.25, 0.3) is 0 Å². The lowest BCUT2D eigenvalue weighted by molar-refractivity contribution is 0.103. The smallest absolute Gasteiger partial charge is 0.212 e. The van der Waals surface area contributed by atoms with E-state index in [2.05, 4.69) is 37.0 Å². The van der Waals surface area contributed by atoms with Gasteiger partial charge in [-0.25, -0.2) is 4.68 Å². The Balaban J connectivity index is 2.06. The lowest BCUT2D eigenvalue weighted by atomic mass is 10.1. The Morgan fingerprint density at radius 3 is 2.48 bits per heavy atom. The molecule has 0 spiro atoms. The summed E-state index contributed by atoms with van der Waals surface area (Å²) >= 11 is 6.82. The normalized spacial score (nSPS) is 10.6. The number of carbonyl (C=O) groups excluding carboxylic acids is 1. The fraction of sp³-hybridized carbons (Fsp3) is 0. The molecule has 0 atom stereocenters. The monoisotopic (exact) mass is 404 g/mol. The number of hydrogen-bond donors (Lipinski definition) is 0. The highest BCUT2D eigenvalue weighted by atomic mass is 79.9. The van der Waals surface area contributed by atoms with Crippen LogP contribution in [0.3, 0.4) is 0 Å². The van der Waals surface area contributed by atoms with Gasteiger partial charge in [0.15, 0.2) is 0 Å². The van der Waals surface area contributed by atoms with Crippen LogP contribution in [0.2, 0.25) is 0 Å². The van der Waals surface area contributed by atoms with E-state index in [-0.39, 0.29) is 5.78 Å². The van der Waals surface area contributed by atoms with Crippen molar-refractivity contribution in [2.75, 3.05) is 0 Å². The van der Waals surface area contributed by atoms with Crippen LogP contribution in [0.15, 0.2) is 69.7 Å². The van der Waals surface area contributed by atoms with Crippen LogP contribution in [0.25, 0.3) is 5.69 Å². The molecule has 2 aromatic carbocycles. The molecule has 104 valence electrons. The summed E-state index contributed by atoms with van der Waals surface area (Å²) in [7, 11) is 0. The Labute approximate surface area is 138 Å². The van der Waals surface area contributed by atoms with Crippen LogP contribution >= 0.6 is 31.9 Å². The largest absolute Gasteiger partial charge is 0.287 e. The van der Waals surface area contributed by atoms with E-state index in [4.69, 9.17) is 0 Å². The molecule has 3 aromatic rings. The minimum absolute atomic E-state index is 0.0734. The van der Waals surface area contributed by atoms with Crippen LogP contribution in [0.5, 0.6) is 0 Å². The van der Waals surface area contributed by atoms with E-state index in [0.717, 1.165) is 14.6 Å². The van der Waals surface area contributed by atoms with Gasteiger partial charge in [-0.2, -0.15) is 5.10 Å². The predicted octanol–water partition coefficient (Wildman–Crippen LogP) is 4.63. The molecule has 1 aromatic heterocycles. The molecule has 0 aliphatic carbocycles. The fourth-order valence-corrected chi connectivity index (χ4v) is 3.29. The number of ketones is 1. The number of aromatic nitrogens is 2. The molecule has 3 nitrogen and oxygen atoms in total. The third-order valence-corrected chi connectivity index (χ3v) is 4.20. The van der Waals surface area contributed by atoms with Crippen molar-refractivity contribution < 1.29 is 4.79 Å². The highest BCUT2D eigenvalue weighted by Gasteiger charge is 2.17. The van der Waals surface area contributed by atoms with Crippen molar-refractivity contribution in [3.63, 3.8) is 0 Å². The Morgan fingerprint density at radius 2 is 1.76 bits per heavy atom. The van der Waals surface area contributed by atoms with Gasteiger partial charge < -0.3 is 0 Å². The molecular weight excluding hydrogens is 396 g/mol. The molecule has 0 aliphatic rings. The van der Waals surface area contributed by atoms with E-state index in [1.165, 1.54) is 0 Å². The number of hydrogen-bond acceptors (Lipinski definition) is 2.